The highest BCUT2D eigenvalue weighted by atomic mass is 16.4. The Morgan fingerprint density at radius 1 is 1.18 bits per heavy atom. The van der Waals surface area contributed by atoms with E-state index in [-0.39, 0.29) is 0 Å². The Kier molecular flexibility index (Phi) is 5.12. The number of aliphatic carboxylic acids is 1. The lowest BCUT2D eigenvalue weighted by molar-refractivity contribution is -0.145. The van der Waals surface area contributed by atoms with Crippen LogP contribution in [0.3, 0.4) is 0 Å². The van der Waals surface area contributed by atoms with E-state index in [0.717, 1.165) is 0 Å². The Labute approximate surface area is 64.8 Å². The van der Waals surface area contributed by atoms with Crippen LogP contribution in [0.25, 0.3) is 0 Å². The smallest absolute Gasteiger partial charge is 0.402 e. The van der Waals surface area contributed by atoms with Crippen molar-refractivity contribution >= 4 is 12.1 Å². The molecule has 0 aliphatic rings. The summed E-state index contributed by atoms with van der Waals surface area (Å²) in [7, 11) is 0. The molecule has 0 aromatic rings. The van der Waals surface area contributed by atoms with Crippen molar-refractivity contribution in [3.63, 3.8) is 0 Å². The van der Waals surface area contributed by atoms with Crippen molar-refractivity contribution in [2.75, 3.05) is 0 Å². The Bertz CT molecular complexity index is 143. The third-order valence-electron chi connectivity index (χ3n) is 0.642. The van der Waals surface area contributed by atoms with Crippen molar-refractivity contribution in [2.45, 2.75) is 20.8 Å². The van der Waals surface area contributed by atoms with Crippen LogP contribution < -0.4 is 5.73 Å². The van der Waals surface area contributed by atoms with Crippen molar-refractivity contribution in [2.24, 2.45) is 11.1 Å². The van der Waals surface area contributed by atoms with Crippen molar-refractivity contribution in [3.8, 4) is 0 Å². The van der Waals surface area contributed by atoms with E-state index in [2.05, 4.69) is 5.73 Å². The van der Waals surface area contributed by atoms with Crippen molar-refractivity contribution in [1.29, 1.82) is 0 Å². The highest BCUT2D eigenvalue weighted by Gasteiger charge is 2.18. The van der Waals surface area contributed by atoms with E-state index in [1.165, 1.54) is 0 Å². The van der Waals surface area contributed by atoms with Crippen LogP contribution in [-0.4, -0.2) is 22.3 Å². The summed E-state index contributed by atoms with van der Waals surface area (Å²) in [5, 5.41) is 15.4. The first-order chi connectivity index (χ1) is 4.68. The van der Waals surface area contributed by atoms with Gasteiger partial charge in [0, 0.05) is 0 Å². The van der Waals surface area contributed by atoms with Gasteiger partial charge in [0.25, 0.3) is 0 Å². The molecule has 0 aliphatic heterocycles. The molecule has 66 valence electrons. The Morgan fingerprint density at radius 3 is 1.27 bits per heavy atom. The maximum atomic E-state index is 10.0. The SMILES string of the molecule is CC(C)(C)C(=O)O.NC(=O)O. The molecule has 0 aromatic carbocycles. The predicted molar refractivity (Wildman–Crippen MR) is 39.3 cm³/mol. The van der Waals surface area contributed by atoms with Crippen molar-refractivity contribution in [3.05, 3.63) is 0 Å². The molecule has 0 saturated carbocycles. The van der Waals surface area contributed by atoms with E-state index in [9.17, 15) is 4.79 Å². The highest BCUT2D eigenvalue weighted by molar-refractivity contribution is 5.72. The summed E-state index contributed by atoms with van der Waals surface area (Å²) in [4.78, 5) is 18.8. The largest absolute Gasteiger partial charge is 0.481 e. The van der Waals surface area contributed by atoms with Gasteiger partial charge in [-0.25, -0.2) is 4.79 Å². The maximum Gasteiger partial charge on any atom is 0.402 e. The van der Waals surface area contributed by atoms with E-state index in [0.29, 0.717) is 0 Å². The first-order valence-electron chi connectivity index (χ1n) is 2.89. The van der Waals surface area contributed by atoms with Crippen LogP contribution in [0.15, 0.2) is 0 Å². The number of amides is 1. The highest BCUT2D eigenvalue weighted by Crippen LogP contribution is 2.11. The monoisotopic (exact) mass is 163 g/mol. The van der Waals surface area contributed by atoms with Crippen LogP contribution in [0.2, 0.25) is 0 Å². The van der Waals surface area contributed by atoms with Gasteiger partial charge in [-0.3, -0.25) is 4.79 Å². The van der Waals surface area contributed by atoms with Gasteiger partial charge in [0.1, 0.15) is 0 Å². The van der Waals surface area contributed by atoms with Crippen molar-refractivity contribution < 1.29 is 19.8 Å². The van der Waals surface area contributed by atoms with E-state index < -0.39 is 17.5 Å². The molecule has 11 heavy (non-hydrogen) atoms. The molecule has 0 heterocycles. The summed E-state index contributed by atoms with van der Waals surface area (Å²) in [5.41, 5.74) is 3.44. The summed E-state index contributed by atoms with van der Waals surface area (Å²) in [6.45, 7) is 4.99. The van der Waals surface area contributed by atoms with E-state index in [4.69, 9.17) is 15.0 Å². The second kappa shape index (κ2) is 4.54. The van der Waals surface area contributed by atoms with Gasteiger partial charge in [0.05, 0.1) is 5.41 Å². The minimum atomic E-state index is -1.33. The lowest BCUT2D eigenvalue weighted by Gasteiger charge is -2.08. The molecular weight excluding hydrogens is 150 g/mol. The average Bonchev–Trinajstić information content (AvgIpc) is 1.59. The third-order valence-corrected chi connectivity index (χ3v) is 0.642. The molecule has 0 bridgehead atoms. The second-order valence-electron chi connectivity index (χ2n) is 2.89. The number of carboxylic acid groups (broad SMARTS) is 2. The van der Waals surface area contributed by atoms with Gasteiger partial charge in [0.15, 0.2) is 0 Å². The molecule has 0 fully saturated rings. The fourth-order valence-electron chi connectivity index (χ4n) is 0. The number of primary amides is 1. The number of nitrogens with two attached hydrogens (primary N) is 1. The number of carboxylic acids is 1. The van der Waals surface area contributed by atoms with Crippen LogP contribution in [0, 0.1) is 5.41 Å². The van der Waals surface area contributed by atoms with Crippen molar-refractivity contribution in [1.82, 2.24) is 0 Å². The predicted octanol–water partition coefficient (Wildman–Crippen LogP) is 0.740. The zero-order valence-electron chi connectivity index (χ0n) is 6.79. The van der Waals surface area contributed by atoms with Crippen LogP contribution in [0.1, 0.15) is 20.8 Å². The van der Waals surface area contributed by atoms with Crippen LogP contribution in [0.5, 0.6) is 0 Å². The van der Waals surface area contributed by atoms with Gasteiger partial charge in [-0.05, 0) is 20.8 Å². The molecular formula is C6H13NO4. The molecule has 5 nitrogen and oxygen atoms in total. The molecule has 0 aromatic heterocycles. The maximum absolute atomic E-state index is 10.0. The first-order valence-corrected chi connectivity index (χ1v) is 2.89. The second-order valence-corrected chi connectivity index (χ2v) is 2.89. The van der Waals surface area contributed by atoms with Gasteiger partial charge in [-0.1, -0.05) is 0 Å². The zero-order chi connectivity index (χ0) is 9.65. The normalized spacial score (nSPS) is 9.36. The standard InChI is InChI=1S/C5H10O2.CH3NO2/c1-5(2,3)4(6)7;2-1(3)4/h1-3H3,(H,6,7);2H2,(H,3,4). The fraction of sp³-hybridized carbons (Fsp3) is 0.667. The lowest BCUT2D eigenvalue weighted by Crippen LogP contribution is -2.18. The number of hydrogen-bond donors (Lipinski definition) is 3. The molecule has 0 aliphatic carbocycles. The fourth-order valence-corrected chi connectivity index (χ4v) is 0. The minimum Gasteiger partial charge on any atom is -0.481 e. The number of hydrogen-bond acceptors (Lipinski definition) is 2. The molecule has 0 rings (SSSR count). The molecule has 1 amide bonds. The molecule has 0 unspecified atom stereocenters. The molecule has 4 N–H and O–H groups in total. The topological polar surface area (TPSA) is 101 Å². The summed E-state index contributed by atoms with van der Waals surface area (Å²) < 4.78 is 0. The minimum absolute atomic E-state index is 0.583. The number of carbonyl (C=O) groups is 2. The molecule has 0 atom stereocenters. The van der Waals surface area contributed by atoms with Gasteiger partial charge in [-0.2, -0.15) is 0 Å². The molecule has 0 radical (unpaired) electrons. The quantitative estimate of drug-likeness (QED) is 0.490. The third kappa shape index (κ3) is 17.7. The van der Waals surface area contributed by atoms with Crippen LogP contribution in [-0.2, 0) is 4.79 Å². The molecule has 0 spiro atoms. The summed E-state index contributed by atoms with van der Waals surface area (Å²) in [6, 6.07) is 0. The van der Waals surface area contributed by atoms with Crippen LogP contribution >= 0.6 is 0 Å². The first kappa shape index (κ1) is 12.4. The van der Waals surface area contributed by atoms with E-state index in [1.54, 1.807) is 20.8 Å². The van der Waals surface area contributed by atoms with E-state index in [1.807, 2.05) is 0 Å². The summed E-state index contributed by atoms with van der Waals surface area (Å²) >= 11 is 0. The lowest BCUT2D eigenvalue weighted by atomic mass is 9.98. The Balaban J connectivity index is 0. The Morgan fingerprint density at radius 2 is 1.27 bits per heavy atom. The van der Waals surface area contributed by atoms with Gasteiger partial charge in [-0.15, -0.1) is 0 Å². The van der Waals surface area contributed by atoms with Crippen LogP contribution in [0.4, 0.5) is 4.79 Å². The van der Waals surface area contributed by atoms with Gasteiger partial charge < -0.3 is 15.9 Å². The average molecular weight is 163 g/mol. The molecule has 0 saturated heterocycles. The summed E-state index contributed by atoms with van der Waals surface area (Å²) in [5.74, 6) is -0.757. The van der Waals surface area contributed by atoms with E-state index >= 15 is 0 Å². The zero-order valence-corrected chi connectivity index (χ0v) is 6.79. The Hall–Kier alpha value is -1.26. The number of rotatable bonds is 0. The summed E-state index contributed by atoms with van der Waals surface area (Å²) in [6.07, 6.45) is -1.33. The van der Waals surface area contributed by atoms with Gasteiger partial charge in [0.2, 0.25) is 0 Å². The molecule has 5 heteroatoms. The van der Waals surface area contributed by atoms with Gasteiger partial charge >= 0.3 is 12.1 Å².